The molecule has 1 rings (SSSR count). The Hall–Kier alpha value is -0.820. The summed E-state index contributed by atoms with van der Waals surface area (Å²) in [6, 6.07) is 10.9. The number of hydrogen-bond donors (Lipinski definition) is 1. The first-order valence-corrected chi connectivity index (χ1v) is 3.57. The summed E-state index contributed by atoms with van der Waals surface area (Å²) in [6.07, 6.45) is 0. The molecule has 1 nitrogen and oxygen atoms in total. The van der Waals surface area contributed by atoms with Crippen molar-refractivity contribution in [3.63, 3.8) is 0 Å². The largest absolute Gasteiger partial charge is 0.313 e. The van der Waals surface area contributed by atoms with Gasteiger partial charge in [-0.1, -0.05) is 30.3 Å². The van der Waals surface area contributed by atoms with Gasteiger partial charge in [-0.15, -0.1) is 0 Å². The van der Waals surface area contributed by atoms with Crippen molar-refractivity contribution < 1.29 is 1.43 Å². The van der Waals surface area contributed by atoms with Crippen molar-refractivity contribution in [2.75, 3.05) is 7.05 Å². The van der Waals surface area contributed by atoms with E-state index in [1.165, 1.54) is 5.56 Å². The van der Waals surface area contributed by atoms with Gasteiger partial charge in [-0.2, -0.15) is 0 Å². The summed E-state index contributed by atoms with van der Waals surface area (Å²) in [5.41, 5.74) is 1.34. The Morgan fingerprint density at radius 1 is 1.30 bits per heavy atom. The summed E-state index contributed by atoms with van der Waals surface area (Å²) in [5, 5.41) is 3.18. The maximum absolute atomic E-state index is 3.18. The lowest BCUT2D eigenvalue weighted by Gasteiger charge is -2.08. The van der Waals surface area contributed by atoms with Gasteiger partial charge in [0.2, 0.25) is 0 Å². The highest BCUT2D eigenvalue weighted by Gasteiger charge is 1.97. The molecule has 0 fully saturated rings. The van der Waals surface area contributed by atoms with Crippen molar-refractivity contribution >= 4 is 0 Å². The van der Waals surface area contributed by atoms with Crippen molar-refractivity contribution in [2.45, 2.75) is 13.0 Å². The molecule has 0 spiro atoms. The van der Waals surface area contributed by atoms with Crippen LogP contribution in [0.4, 0.5) is 0 Å². The van der Waals surface area contributed by atoms with Crippen molar-refractivity contribution in [3.05, 3.63) is 35.9 Å². The molecule has 56 valence electrons. The molecule has 1 atom stereocenters. The lowest BCUT2D eigenvalue weighted by atomic mass is 10.1. The van der Waals surface area contributed by atoms with E-state index in [2.05, 4.69) is 36.5 Å². The normalized spacial score (nSPS) is 13.0. The molecule has 0 saturated carbocycles. The van der Waals surface area contributed by atoms with Crippen LogP contribution in [0.25, 0.3) is 0 Å². The van der Waals surface area contributed by atoms with E-state index < -0.39 is 0 Å². The maximum Gasteiger partial charge on any atom is 0.0289 e. The molecule has 0 heterocycles. The van der Waals surface area contributed by atoms with Gasteiger partial charge in [-0.3, -0.25) is 0 Å². The second-order valence-electron chi connectivity index (χ2n) is 2.42. The van der Waals surface area contributed by atoms with Gasteiger partial charge in [0.25, 0.3) is 0 Å². The Morgan fingerprint density at radius 2 is 1.90 bits per heavy atom. The Bertz CT molecular complexity index is 186. The summed E-state index contributed by atoms with van der Waals surface area (Å²) in [4.78, 5) is 0. The second kappa shape index (κ2) is 3.37. The van der Waals surface area contributed by atoms with Crippen molar-refractivity contribution in [1.82, 2.24) is 5.32 Å². The zero-order valence-corrected chi connectivity index (χ0v) is 6.46. The fraction of sp³-hybridized carbons (Fsp3) is 0.333. The summed E-state index contributed by atoms with van der Waals surface area (Å²) < 4.78 is 0. The fourth-order valence-corrected chi connectivity index (χ4v) is 0.908. The minimum absolute atomic E-state index is 0. The molecule has 0 saturated heterocycles. The second-order valence-corrected chi connectivity index (χ2v) is 2.42. The van der Waals surface area contributed by atoms with E-state index in [0.717, 1.165) is 0 Å². The minimum Gasteiger partial charge on any atom is -0.313 e. The number of nitrogens with one attached hydrogen (secondary N) is 1. The van der Waals surface area contributed by atoms with Gasteiger partial charge in [0.05, 0.1) is 0 Å². The van der Waals surface area contributed by atoms with Crippen LogP contribution in [-0.2, 0) is 0 Å². The van der Waals surface area contributed by atoms with Crippen molar-refractivity contribution in [3.8, 4) is 0 Å². The molecule has 1 unspecified atom stereocenters. The average molecular weight is 137 g/mol. The quantitative estimate of drug-likeness (QED) is 0.659. The van der Waals surface area contributed by atoms with Crippen LogP contribution in [0.1, 0.15) is 20.0 Å². The molecule has 1 heteroatoms. The molecule has 0 aliphatic heterocycles. The first kappa shape index (κ1) is 7.29. The molecule has 0 radical (unpaired) electrons. The highest BCUT2D eigenvalue weighted by atomic mass is 14.8. The first-order chi connectivity index (χ1) is 4.84. The SMILES string of the molecule is CNC(C)c1ccccc1.[HH]. The molecular formula is C9H15N. The number of benzene rings is 1. The zero-order valence-electron chi connectivity index (χ0n) is 6.46. The molecule has 0 bridgehead atoms. The highest BCUT2D eigenvalue weighted by molar-refractivity contribution is 5.17. The summed E-state index contributed by atoms with van der Waals surface area (Å²) in [6.45, 7) is 2.15. The van der Waals surface area contributed by atoms with Crippen molar-refractivity contribution in [2.24, 2.45) is 0 Å². The molecule has 1 aromatic rings. The smallest absolute Gasteiger partial charge is 0.0289 e. The monoisotopic (exact) mass is 137 g/mol. The van der Waals surface area contributed by atoms with E-state index in [1.807, 2.05) is 13.1 Å². The van der Waals surface area contributed by atoms with Crippen LogP contribution >= 0.6 is 0 Å². The lowest BCUT2D eigenvalue weighted by Crippen LogP contribution is -2.11. The number of rotatable bonds is 2. The zero-order chi connectivity index (χ0) is 7.40. The Labute approximate surface area is 63.6 Å². The van der Waals surface area contributed by atoms with Gasteiger partial charge in [-0.25, -0.2) is 0 Å². The van der Waals surface area contributed by atoms with E-state index >= 15 is 0 Å². The first-order valence-electron chi connectivity index (χ1n) is 3.57. The molecule has 1 N–H and O–H groups in total. The van der Waals surface area contributed by atoms with Crippen LogP contribution in [0.15, 0.2) is 30.3 Å². The van der Waals surface area contributed by atoms with Crippen LogP contribution in [0.2, 0.25) is 0 Å². The molecule has 0 aromatic heterocycles. The third-order valence-electron chi connectivity index (χ3n) is 1.73. The molecular weight excluding hydrogens is 122 g/mol. The molecule has 1 aromatic carbocycles. The molecule has 0 aliphatic carbocycles. The van der Waals surface area contributed by atoms with Gasteiger partial charge in [0.15, 0.2) is 0 Å². The van der Waals surface area contributed by atoms with Crippen LogP contribution < -0.4 is 5.32 Å². The van der Waals surface area contributed by atoms with Gasteiger partial charge in [0, 0.05) is 7.47 Å². The van der Waals surface area contributed by atoms with Crippen LogP contribution in [0.5, 0.6) is 0 Å². The third kappa shape index (κ3) is 1.58. The van der Waals surface area contributed by atoms with Gasteiger partial charge in [-0.05, 0) is 19.5 Å². The van der Waals surface area contributed by atoms with E-state index in [4.69, 9.17) is 0 Å². The third-order valence-corrected chi connectivity index (χ3v) is 1.73. The molecule has 10 heavy (non-hydrogen) atoms. The Kier molecular flexibility index (Phi) is 2.46. The summed E-state index contributed by atoms with van der Waals surface area (Å²) in [5.74, 6) is 0. The highest BCUT2D eigenvalue weighted by Crippen LogP contribution is 2.09. The number of hydrogen-bond acceptors (Lipinski definition) is 1. The Balaban J connectivity index is 0.000001000. The molecule has 0 amide bonds. The predicted molar refractivity (Wildman–Crippen MR) is 46.0 cm³/mol. The predicted octanol–water partition coefficient (Wildman–Crippen LogP) is 2.21. The average Bonchev–Trinajstić information content (AvgIpc) is 2.05. The standard InChI is InChI=1S/C9H13N.H2/c1-8(10-2)9-6-4-3-5-7-9;/h3-8,10H,1-2H3;1H. The van der Waals surface area contributed by atoms with Gasteiger partial charge in [0.1, 0.15) is 0 Å². The Morgan fingerprint density at radius 3 is 2.40 bits per heavy atom. The van der Waals surface area contributed by atoms with Crippen LogP contribution in [0.3, 0.4) is 0 Å². The maximum atomic E-state index is 3.18. The van der Waals surface area contributed by atoms with E-state index in [9.17, 15) is 0 Å². The lowest BCUT2D eigenvalue weighted by molar-refractivity contribution is 0.652. The van der Waals surface area contributed by atoms with Gasteiger partial charge >= 0.3 is 0 Å². The van der Waals surface area contributed by atoms with Crippen LogP contribution in [-0.4, -0.2) is 7.05 Å². The minimum atomic E-state index is 0. The summed E-state index contributed by atoms with van der Waals surface area (Å²) in [7, 11) is 1.97. The molecule has 0 aliphatic rings. The van der Waals surface area contributed by atoms with E-state index in [1.54, 1.807) is 0 Å². The van der Waals surface area contributed by atoms with E-state index in [-0.39, 0.29) is 1.43 Å². The van der Waals surface area contributed by atoms with E-state index in [0.29, 0.717) is 6.04 Å². The van der Waals surface area contributed by atoms with Gasteiger partial charge < -0.3 is 5.32 Å². The summed E-state index contributed by atoms with van der Waals surface area (Å²) >= 11 is 0. The fourth-order valence-electron chi connectivity index (χ4n) is 0.908. The van der Waals surface area contributed by atoms with Crippen molar-refractivity contribution in [1.29, 1.82) is 0 Å². The van der Waals surface area contributed by atoms with Crippen LogP contribution in [0, 0.1) is 0 Å². The topological polar surface area (TPSA) is 12.0 Å².